The van der Waals surface area contributed by atoms with Crippen LogP contribution in [0.4, 0.5) is 4.79 Å². The van der Waals surface area contributed by atoms with Crippen molar-refractivity contribution in [2.75, 3.05) is 6.61 Å². The van der Waals surface area contributed by atoms with Crippen LogP contribution in [-0.2, 0) is 19.1 Å². The van der Waals surface area contributed by atoms with Gasteiger partial charge in [0.2, 0.25) is 3.79 Å². The van der Waals surface area contributed by atoms with Crippen molar-refractivity contribution in [3.63, 3.8) is 0 Å². The maximum atomic E-state index is 12.0. The van der Waals surface area contributed by atoms with E-state index in [4.69, 9.17) is 44.3 Å². The Hall–Kier alpha value is -0.720. The lowest BCUT2D eigenvalue weighted by molar-refractivity contribution is -0.146. The molecule has 0 aromatic carbocycles. The third-order valence-electron chi connectivity index (χ3n) is 2.38. The second-order valence-corrected chi connectivity index (χ2v) is 8.53. The summed E-state index contributed by atoms with van der Waals surface area (Å²) in [6.07, 6.45) is 0.122. The lowest BCUT2D eigenvalue weighted by atomic mass is 10.1. The highest BCUT2D eigenvalue weighted by atomic mass is 35.6. The highest BCUT2D eigenvalue weighted by Crippen LogP contribution is 2.26. The summed E-state index contributed by atoms with van der Waals surface area (Å²) < 4.78 is 8.21. The van der Waals surface area contributed by atoms with Gasteiger partial charge in [-0.3, -0.25) is 0 Å². The molecule has 0 rings (SSSR count). The first kappa shape index (κ1) is 22.3. The summed E-state index contributed by atoms with van der Waals surface area (Å²) in [4.78, 5) is 34.8. The van der Waals surface area contributed by atoms with Crippen molar-refractivity contribution in [1.29, 1.82) is 0 Å². The average molecular weight is 391 g/mol. The lowest BCUT2D eigenvalue weighted by Crippen LogP contribution is -2.44. The lowest BCUT2D eigenvalue weighted by Gasteiger charge is -2.23. The average Bonchev–Trinajstić information content (AvgIpc) is 2.31. The summed E-state index contributed by atoms with van der Waals surface area (Å²) in [7, 11) is 0. The van der Waals surface area contributed by atoms with Gasteiger partial charge < -0.3 is 19.6 Å². The summed E-state index contributed by atoms with van der Waals surface area (Å²) in [5.74, 6) is -0.776. The zero-order valence-electron chi connectivity index (χ0n) is 13.6. The van der Waals surface area contributed by atoms with Crippen LogP contribution in [0.5, 0.6) is 0 Å². The van der Waals surface area contributed by atoms with Gasteiger partial charge >= 0.3 is 12.1 Å². The van der Waals surface area contributed by atoms with Gasteiger partial charge in [0.1, 0.15) is 24.0 Å². The predicted octanol–water partition coefficient (Wildman–Crippen LogP) is 3.55. The van der Waals surface area contributed by atoms with Crippen LogP contribution in [0, 0.1) is 0 Å². The van der Waals surface area contributed by atoms with Crippen LogP contribution in [0.2, 0.25) is 0 Å². The van der Waals surface area contributed by atoms with Gasteiger partial charge in [0.05, 0.1) is 0 Å². The van der Waals surface area contributed by atoms with E-state index in [0.29, 0.717) is 6.42 Å². The molecule has 0 saturated heterocycles. The molecular formula is C14H22Cl3NO5. The van der Waals surface area contributed by atoms with E-state index in [-0.39, 0.29) is 18.6 Å². The van der Waals surface area contributed by atoms with Gasteiger partial charge in [0, 0.05) is 6.42 Å². The Labute approximate surface area is 151 Å². The number of hydrogen-bond acceptors (Lipinski definition) is 5. The number of alkyl halides is 3. The first-order valence-corrected chi connectivity index (χ1v) is 8.16. The largest absolute Gasteiger partial charge is 0.460 e. The molecule has 134 valence electrons. The third-order valence-corrected chi connectivity index (χ3v) is 2.70. The fourth-order valence-electron chi connectivity index (χ4n) is 1.51. The zero-order valence-corrected chi connectivity index (χ0v) is 15.8. The van der Waals surface area contributed by atoms with E-state index in [2.05, 4.69) is 5.32 Å². The van der Waals surface area contributed by atoms with Crippen LogP contribution in [0.25, 0.3) is 0 Å². The van der Waals surface area contributed by atoms with E-state index in [1.807, 2.05) is 0 Å². The number of Topliss-reactive ketones (excluding diaryl/α,β-unsaturated/α-hetero) is 1. The molecule has 1 N–H and O–H groups in total. The molecule has 9 heteroatoms. The molecule has 0 fully saturated rings. The number of hydrogen-bond donors (Lipinski definition) is 1. The fourth-order valence-corrected chi connectivity index (χ4v) is 1.67. The van der Waals surface area contributed by atoms with Gasteiger partial charge in [0.15, 0.2) is 0 Å². The quantitative estimate of drug-likeness (QED) is 0.531. The van der Waals surface area contributed by atoms with Crippen molar-refractivity contribution >= 4 is 52.6 Å². The molecule has 0 aromatic rings. The standard InChI is InChI=1S/C14H22Cl3NO5/c1-9(19)6-5-7-10(11(20)22-8-14(15,16)17)18-12(21)23-13(2,3)4/h10H,5-8H2,1-4H3,(H,18,21)/t10-/m1/s1. The molecule has 0 aliphatic rings. The van der Waals surface area contributed by atoms with E-state index < -0.39 is 34.1 Å². The van der Waals surface area contributed by atoms with Crippen LogP contribution in [0.15, 0.2) is 0 Å². The fraction of sp³-hybridized carbons (Fsp3) is 0.786. The van der Waals surface area contributed by atoms with Gasteiger partial charge in [-0.05, 0) is 40.5 Å². The number of ether oxygens (including phenoxy) is 2. The third kappa shape index (κ3) is 13.4. The summed E-state index contributed by atoms with van der Waals surface area (Å²) >= 11 is 16.6. The topological polar surface area (TPSA) is 81.7 Å². The summed E-state index contributed by atoms with van der Waals surface area (Å²) in [5, 5.41) is 2.41. The Balaban J connectivity index is 4.69. The van der Waals surface area contributed by atoms with Crippen LogP contribution in [0.3, 0.4) is 0 Å². The van der Waals surface area contributed by atoms with Crippen molar-refractivity contribution in [3.8, 4) is 0 Å². The van der Waals surface area contributed by atoms with E-state index in [1.54, 1.807) is 20.8 Å². The van der Waals surface area contributed by atoms with Gasteiger partial charge in [-0.2, -0.15) is 0 Å². The molecule has 1 atom stereocenters. The Kier molecular flexibility index (Phi) is 9.25. The number of rotatable bonds is 7. The molecule has 0 aromatic heterocycles. The van der Waals surface area contributed by atoms with E-state index in [9.17, 15) is 14.4 Å². The summed E-state index contributed by atoms with van der Waals surface area (Å²) in [6.45, 7) is 6.07. The number of carbonyl (C=O) groups excluding carboxylic acids is 3. The van der Waals surface area contributed by atoms with Crippen LogP contribution < -0.4 is 5.32 Å². The van der Waals surface area contributed by atoms with Crippen molar-refractivity contribution in [3.05, 3.63) is 0 Å². The number of carbonyl (C=O) groups is 3. The zero-order chi connectivity index (χ0) is 18.3. The van der Waals surface area contributed by atoms with Crippen LogP contribution in [0.1, 0.15) is 47.0 Å². The molecule has 1 amide bonds. The SMILES string of the molecule is CC(=O)CCC[C@@H](NC(=O)OC(C)(C)C)C(=O)OCC(Cl)(Cl)Cl. The first-order chi connectivity index (χ1) is 10.3. The minimum atomic E-state index is -1.74. The summed E-state index contributed by atoms with van der Waals surface area (Å²) in [6, 6.07) is -0.989. The Morgan fingerprint density at radius 3 is 2.13 bits per heavy atom. The summed E-state index contributed by atoms with van der Waals surface area (Å²) in [5.41, 5.74) is -0.713. The van der Waals surface area contributed by atoms with Gasteiger partial charge in [-0.1, -0.05) is 34.8 Å². The van der Waals surface area contributed by atoms with Crippen molar-refractivity contribution in [2.45, 2.75) is 62.4 Å². The molecule has 0 aliphatic heterocycles. The van der Waals surface area contributed by atoms with Crippen LogP contribution in [-0.4, -0.2) is 39.9 Å². The minimum absolute atomic E-state index is 0.0179. The highest BCUT2D eigenvalue weighted by molar-refractivity contribution is 6.67. The van der Waals surface area contributed by atoms with E-state index in [1.165, 1.54) is 6.92 Å². The predicted molar refractivity (Wildman–Crippen MR) is 88.9 cm³/mol. The molecule has 0 bridgehead atoms. The molecule has 23 heavy (non-hydrogen) atoms. The minimum Gasteiger partial charge on any atom is -0.460 e. The Morgan fingerprint density at radius 1 is 1.13 bits per heavy atom. The number of nitrogens with one attached hydrogen (secondary N) is 1. The van der Waals surface area contributed by atoms with Gasteiger partial charge in [-0.25, -0.2) is 9.59 Å². The maximum Gasteiger partial charge on any atom is 0.408 e. The maximum absolute atomic E-state index is 12.0. The smallest absolute Gasteiger partial charge is 0.408 e. The number of alkyl carbamates (subject to hydrolysis) is 1. The molecular weight excluding hydrogens is 369 g/mol. The van der Waals surface area contributed by atoms with Gasteiger partial charge in [0.25, 0.3) is 0 Å². The van der Waals surface area contributed by atoms with Crippen molar-refractivity contribution in [2.24, 2.45) is 0 Å². The second kappa shape index (κ2) is 9.55. The molecule has 0 radical (unpaired) electrons. The molecule has 0 unspecified atom stereocenters. The van der Waals surface area contributed by atoms with E-state index >= 15 is 0 Å². The second-order valence-electron chi connectivity index (χ2n) is 6.02. The van der Waals surface area contributed by atoms with Gasteiger partial charge in [-0.15, -0.1) is 0 Å². The number of halogens is 3. The number of esters is 1. The Bertz CT molecular complexity index is 429. The van der Waals surface area contributed by atoms with Crippen molar-refractivity contribution < 1.29 is 23.9 Å². The Morgan fingerprint density at radius 2 is 1.70 bits per heavy atom. The molecule has 0 spiro atoms. The first-order valence-electron chi connectivity index (χ1n) is 7.02. The molecule has 6 nitrogen and oxygen atoms in total. The number of amides is 1. The monoisotopic (exact) mass is 389 g/mol. The highest BCUT2D eigenvalue weighted by Gasteiger charge is 2.28. The molecule has 0 saturated carbocycles. The molecule has 0 heterocycles. The van der Waals surface area contributed by atoms with E-state index in [0.717, 1.165) is 0 Å². The number of ketones is 1. The normalized spacial score (nSPS) is 13.2. The van der Waals surface area contributed by atoms with Crippen LogP contribution >= 0.6 is 34.8 Å². The molecule has 0 aliphatic carbocycles. The van der Waals surface area contributed by atoms with Crippen molar-refractivity contribution in [1.82, 2.24) is 5.32 Å².